The van der Waals surface area contributed by atoms with Gasteiger partial charge in [0.1, 0.15) is 0 Å². The van der Waals surface area contributed by atoms with Gasteiger partial charge in [0, 0.05) is 70.6 Å². The van der Waals surface area contributed by atoms with Gasteiger partial charge in [-0.25, -0.2) is 8.42 Å². The molecule has 1 saturated heterocycles. The minimum Gasteiger partial charge on any atom is -0.378 e. The molecular formula is C34H50ClN5O4S2. The van der Waals surface area contributed by atoms with Gasteiger partial charge in [0.05, 0.1) is 4.90 Å². The van der Waals surface area contributed by atoms with Crippen molar-refractivity contribution >= 4 is 37.5 Å². The Morgan fingerprint density at radius 1 is 0.783 bits per heavy atom. The van der Waals surface area contributed by atoms with E-state index < -0.39 is 20.2 Å². The third kappa shape index (κ3) is 8.53. The number of benzene rings is 2. The van der Waals surface area contributed by atoms with Crippen LogP contribution in [-0.2, 0) is 33.2 Å². The second-order valence-corrected chi connectivity index (χ2v) is 17.6. The van der Waals surface area contributed by atoms with E-state index >= 15 is 0 Å². The fourth-order valence-corrected chi connectivity index (χ4v) is 10.5. The summed E-state index contributed by atoms with van der Waals surface area (Å²) < 4.78 is 61.0. The van der Waals surface area contributed by atoms with E-state index in [1.54, 1.807) is 12.1 Å². The largest absolute Gasteiger partial charge is 0.378 e. The molecular weight excluding hydrogens is 642 g/mol. The molecule has 2 aliphatic heterocycles. The van der Waals surface area contributed by atoms with E-state index in [1.807, 2.05) is 49.3 Å². The maximum atomic E-state index is 14.2. The molecule has 0 spiro atoms. The van der Waals surface area contributed by atoms with Gasteiger partial charge in [0.2, 0.25) is 10.0 Å². The molecule has 2 heterocycles. The first-order chi connectivity index (χ1) is 21.9. The van der Waals surface area contributed by atoms with Gasteiger partial charge in [-0.15, -0.1) is 0 Å². The predicted molar refractivity (Wildman–Crippen MR) is 187 cm³/mol. The van der Waals surface area contributed by atoms with Crippen molar-refractivity contribution in [2.75, 3.05) is 71.4 Å². The Hall–Kier alpha value is -1.99. The molecule has 1 aliphatic carbocycles. The first-order valence-corrected chi connectivity index (χ1v) is 19.8. The molecule has 46 heavy (non-hydrogen) atoms. The molecule has 0 atom stereocenters. The number of fused-ring (bicyclic) bond motifs is 1. The van der Waals surface area contributed by atoms with E-state index in [-0.39, 0.29) is 24.5 Å². The SMILES string of the molecule is C=C1CN(S(=O)(=O)c2ccc(N(C)C)cc2)CCCN(CC2CCCCC2)CCCN(S(=O)(=O)N2CCc3c(Cl)cccc3C2)C1. The third-order valence-electron chi connectivity index (χ3n) is 9.62. The lowest BCUT2D eigenvalue weighted by atomic mass is 9.89. The molecule has 1 saturated carbocycles. The zero-order valence-corrected chi connectivity index (χ0v) is 29.8. The molecule has 0 radical (unpaired) electrons. The minimum atomic E-state index is -3.85. The van der Waals surface area contributed by atoms with Gasteiger partial charge in [0.25, 0.3) is 10.2 Å². The Balaban J connectivity index is 1.39. The highest BCUT2D eigenvalue weighted by Gasteiger charge is 2.34. The molecule has 9 nitrogen and oxygen atoms in total. The number of sulfonamides is 1. The van der Waals surface area contributed by atoms with Crippen molar-refractivity contribution < 1.29 is 16.8 Å². The molecule has 0 unspecified atom stereocenters. The van der Waals surface area contributed by atoms with Gasteiger partial charge in [-0.05, 0) is 98.1 Å². The van der Waals surface area contributed by atoms with Crippen LogP contribution in [0.25, 0.3) is 0 Å². The summed E-state index contributed by atoms with van der Waals surface area (Å²) in [7, 11) is -3.86. The van der Waals surface area contributed by atoms with E-state index in [0.717, 1.165) is 36.4 Å². The standard InChI is InChI=1S/C34H50ClN5O4S2/c1-28-24-38(45(41,42)32-16-14-31(15-17-32)36(2)3)21-8-19-37(26-29-10-5-4-6-11-29)20-9-22-39(25-28)46(43,44)40-23-18-33-30(27-40)12-7-13-34(33)35/h7,12-17,29H,1,4-6,8-11,18-27H2,2-3H3. The van der Waals surface area contributed by atoms with Gasteiger partial charge in [0.15, 0.2) is 0 Å². The van der Waals surface area contributed by atoms with Crippen molar-refractivity contribution in [2.45, 2.75) is 62.8 Å². The van der Waals surface area contributed by atoms with Crippen LogP contribution in [0.3, 0.4) is 0 Å². The quantitative estimate of drug-likeness (QED) is 0.370. The van der Waals surface area contributed by atoms with Gasteiger partial charge in [-0.3, -0.25) is 0 Å². The van der Waals surface area contributed by atoms with Crippen LogP contribution in [0.15, 0.2) is 59.5 Å². The Kier molecular flexibility index (Phi) is 11.9. The molecule has 3 aliphatic rings. The highest BCUT2D eigenvalue weighted by atomic mass is 35.5. The molecule has 2 fully saturated rings. The number of rotatable bonds is 7. The van der Waals surface area contributed by atoms with E-state index in [4.69, 9.17) is 11.6 Å². The molecule has 2 aromatic rings. The summed E-state index contributed by atoms with van der Waals surface area (Å²) in [4.78, 5) is 4.60. The van der Waals surface area contributed by atoms with Gasteiger partial charge < -0.3 is 9.80 Å². The Morgan fingerprint density at radius 3 is 2.09 bits per heavy atom. The fourth-order valence-electron chi connectivity index (χ4n) is 7.04. The molecule has 0 N–H and O–H groups in total. The van der Waals surface area contributed by atoms with E-state index in [9.17, 15) is 16.8 Å². The van der Waals surface area contributed by atoms with Crippen LogP contribution in [0.5, 0.6) is 0 Å². The lowest BCUT2D eigenvalue weighted by molar-refractivity contribution is 0.187. The van der Waals surface area contributed by atoms with Crippen LogP contribution < -0.4 is 4.90 Å². The number of halogens is 1. The molecule has 0 bridgehead atoms. The minimum absolute atomic E-state index is 0.0604. The lowest BCUT2D eigenvalue weighted by Gasteiger charge is -2.35. The van der Waals surface area contributed by atoms with Crippen molar-refractivity contribution in [1.29, 1.82) is 0 Å². The fraction of sp³-hybridized carbons (Fsp3) is 0.588. The Labute approximate surface area is 282 Å². The Bertz CT molecular complexity index is 1560. The molecule has 5 rings (SSSR count). The molecule has 0 aromatic heterocycles. The lowest BCUT2D eigenvalue weighted by Crippen LogP contribution is -2.48. The van der Waals surface area contributed by atoms with Crippen LogP contribution in [0, 0.1) is 5.92 Å². The topological polar surface area (TPSA) is 84.5 Å². The molecule has 12 heteroatoms. The number of nitrogens with zero attached hydrogens (tertiary/aromatic N) is 5. The van der Waals surface area contributed by atoms with Crippen LogP contribution in [0.1, 0.15) is 56.1 Å². The van der Waals surface area contributed by atoms with Crippen molar-refractivity contribution in [2.24, 2.45) is 5.92 Å². The monoisotopic (exact) mass is 691 g/mol. The van der Waals surface area contributed by atoms with E-state index in [1.165, 1.54) is 45.0 Å². The molecule has 0 amide bonds. The predicted octanol–water partition coefficient (Wildman–Crippen LogP) is 5.23. The van der Waals surface area contributed by atoms with E-state index in [0.29, 0.717) is 55.4 Å². The summed E-state index contributed by atoms with van der Waals surface area (Å²) in [6.07, 6.45) is 8.22. The second kappa shape index (κ2) is 15.5. The van der Waals surface area contributed by atoms with Crippen LogP contribution in [-0.4, -0.2) is 101 Å². The molecule has 254 valence electrons. The number of hydrogen-bond acceptors (Lipinski definition) is 6. The average Bonchev–Trinajstić information content (AvgIpc) is 3.03. The first-order valence-electron chi connectivity index (χ1n) is 16.6. The zero-order chi connectivity index (χ0) is 32.9. The second-order valence-electron chi connectivity index (χ2n) is 13.3. The maximum absolute atomic E-state index is 14.2. The Morgan fingerprint density at radius 2 is 1.41 bits per heavy atom. The zero-order valence-electron chi connectivity index (χ0n) is 27.4. The summed E-state index contributed by atoms with van der Waals surface area (Å²) in [5, 5.41) is 0.671. The third-order valence-corrected chi connectivity index (χ3v) is 13.8. The number of anilines is 1. The van der Waals surface area contributed by atoms with Crippen LogP contribution in [0.4, 0.5) is 5.69 Å². The highest BCUT2D eigenvalue weighted by molar-refractivity contribution is 7.89. The summed E-state index contributed by atoms with van der Waals surface area (Å²) >= 11 is 6.42. The normalized spacial score (nSPS) is 21.3. The first kappa shape index (κ1) is 35.3. The van der Waals surface area contributed by atoms with Crippen LogP contribution >= 0.6 is 11.6 Å². The van der Waals surface area contributed by atoms with Gasteiger partial charge >= 0.3 is 0 Å². The highest BCUT2D eigenvalue weighted by Crippen LogP contribution is 2.29. The summed E-state index contributed by atoms with van der Waals surface area (Å²) in [6.45, 7) is 8.16. The summed E-state index contributed by atoms with van der Waals surface area (Å²) in [5.74, 6) is 0.636. The van der Waals surface area contributed by atoms with Crippen molar-refractivity contribution in [1.82, 2.24) is 17.8 Å². The average molecular weight is 692 g/mol. The molecule has 2 aromatic carbocycles. The van der Waals surface area contributed by atoms with Crippen molar-refractivity contribution in [3.63, 3.8) is 0 Å². The van der Waals surface area contributed by atoms with Crippen LogP contribution in [0.2, 0.25) is 5.02 Å². The maximum Gasteiger partial charge on any atom is 0.282 e. The van der Waals surface area contributed by atoms with Gasteiger partial charge in [-0.2, -0.15) is 21.3 Å². The van der Waals surface area contributed by atoms with Gasteiger partial charge in [-0.1, -0.05) is 49.6 Å². The van der Waals surface area contributed by atoms with E-state index in [2.05, 4.69) is 11.5 Å². The number of hydrogen-bond donors (Lipinski definition) is 0. The smallest absolute Gasteiger partial charge is 0.282 e. The van der Waals surface area contributed by atoms with Crippen molar-refractivity contribution in [3.8, 4) is 0 Å². The van der Waals surface area contributed by atoms with Crippen molar-refractivity contribution in [3.05, 3.63) is 70.8 Å². The summed E-state index contributed by atoms with van der Waals surface area (Å²) in [5.41, 5.74) is 3.40. The summed E-state index contributed by atoms with van der Waals surface area (Å²) in [6, 6.07) is 12.6.